The van der Waals surface area contributed by atoms with Crippen LogP contribution in [0, 0.1) is 5.92 Å². The third-order valence-electron chi connectivity index (χ3n) is 4.11. The molecule has 0 fully saturated rings. The van der Waals surface area contributed by atoms with E-state index in [0.717, 1.165) is 12.8 Å². The Kier molecular flexibility index (Phi) is 13.2. The van der Waals surface area contributed by atoms with Gasteiger partial charge in [0.25, 0.3) is 0 Å². The number of rotatable bonds is 15. The SMILES string of the molecule is CCCCCCCCCCCC(=O)CC(C)C[C@H](N)C(=O)O. The molecular weight excluding hydrogens is 278 g/mol. The minimum Gasteiger partial charge on any atom is -0.480 e. The standard InChI is InChI=1S/C18H35NO3/c1-3-4-5-6-7-8-9-10-11-12-16(20)13-15(2)14-17(19)18(21)22/h15,17H,3-14,19H2,1-2H3,(H,21,22)/t15?,17-/m0/s1. The zero-order valence-corrected chi connectivity index (χ0v) is 14.5. The molecule has 0 bridgehead atoms. The number of nitrogens with two attached hydrogens (primary N) is 1. The highest BCUT2D eigenvalue weighted by atomic mass is 16.4. The monoisotopic (exact) mass is 313 g/mol. The summed E-state index contributed by atoms with van der Waals surface area (Å²) < 4.78 is 0. The van der Waals surface area contributed by atoms with E-state index in [1.807, 2.05) is 6.92 Å². The number of Topliss-reactive ketones (excluding diaryl/α,β-unsaturated/α-hetero) is 1. The average molecular weight is 313 g/mol. The van der Waals surface area contributed by atoms with E-state index in [9.17, 15) is 9.59 Å². The van der Waals surface area contributed by atoms with Gasteiger partial charge in [0.15, 0.2) is 0 Å². The van der Waals surface area contributed by atoms with Gasteiger partial charge in [-0.15, -0.1) is 0 Å². The number of aliphatic carboxylic acids is 1. The number of unbranched alkanes of at least 4 members (excludes halogenated alkanes) is 8. The predicted octanol–water partition coefficient (Wildman–Crippen LogP) is 4.30. The second kappa shape index (κ2) is 13.7. The number of ketones is 1. The Balaban J connectivity index is 3.48. The van der Waals surface area contributed by atoms with Crippen molar-refractivity contribution in [2.75, 3.05) is 0 Å². The first-order valence-electron chi connectivity index (χ1n) is 8.97. The number of carbonyl (C=O) groups excluding carboxylic acids is 1. The van der Waals surface area contributed by atoms with Crippen LogP contribution in [0.2, 0.25) is 0 Å². The lowest BCUT2D eigenvalue weighted by Crippen LogP contribution is -2.32. The van der Waals surface area contributed by atoms with Crippen molar-refractivity contribution in [3.8, 4) is 0 Å². The van der Waals surface area contributed by atoms with Gasteiger partial charge in [0.2, 0.25) is 0 Å². The highest BCUT2D eigenvalue weighted by molar-refractivity contribution is 5.78. The van der Waals surface area contributed by atoms with Crippen LogP contribution in [0.15, 0.2) is 0 Å². The minimum atomic E-state index is -0.988. The molecule has 0 amide bonds. The molecule has 0 spiro atoms. The van der Waals surface area contributed by atoms with Crippen LogP contribution < -0.4 is 5.73 Å². The maximum atomic E-state index is 11.8. The van der Waals surface area contributed by atoms with Crippen molar-refractivity contribution in [1.29, 1.82) is 0 Å². The van der Waals surface area contributed by atoms with Crippen LogP contribution in [-0.4, -0.2) is 22.9 Å². The predicted molar refractivity (Wildman–Crippen MR) is 90.9 cm³/mol. The van der Waals surface area contributed by atoms with E-state index in [1.54, 1.807) is 0 Å². The third kappa shape index (κ3) is 12.8. The zero-order valence-electron chi connectivity index (χ0n) is 14.5. The van der Waals surface area contributed by atoms with Gasteiger partial charge >= 0.3 is 5.97 Å². The first kappa shape index (κ1) is 21.1. The molecule has 1 unspecified atom stereocenters. The Hall–Kier alpha value is -0.900. The first-order valence-corrected chi connectivity index (χ1v) is 8.97. The molecule has 0 saturated carbocycles. The molecule has 0 aliphatic carbocycles. The number of hydrogen-bond acceptors (Lipinski definition) is 3. The van der Waals surface area contributed by atoms with Crippen LogP contribution in [-0.2, 0) is 9.59 Å². The second-order valence-electron chi connectivity index (χ2n) is 6.61. The number of carboxylic acids is 1. The number of carboxylic acid groups (broad SMARTS) is 1. The van der Waals surface area contributed by atoms with Crippen LogP contribution >= 0.6 is 0 Å². The van der Waals surface area contributed by atoms with E-state index in [-0.39, 0.29) is 11.7 Å². The van der Waals surface area contributed by atoms with Gasteiger partial charge in [-0.3, -0.25) is 9.59 Å². The molecule has 3 N–H and O–H groups in total. The van der Waals surface area contributed by atoms with Gasteiger partial charge in [-0.25, -0.2) is 0 Å². The smallest absolute Gasteiger partial charge is 0.320 e. The van der Waals surface area contributed by atoms with E-state index >= 15 is 0 Å². The molecule has 0 aromatic carbocycles. The molecule has 130 valence electrons. The highest BCUT2D eigenvalue weighted by Gasteiger charge is 2.17. The van der Waals surface area contributed by atoms with Gasteiger partial charge in [0, 0.05) is 12.8 Å². The molecule has 4 heteroatoms. The lowest BCUT2D eigenvalue weighted by atomic mass is 9.94. The molecule has 0 aromatic rings. The summed E-state index contributed by atoms with van der Waals surface area (Å²) in [5, 5.41) is 8.75. The summed E-state index contributed by atoms with van der Waals surface area (Å²) in [6, 6.07) is -0.851. The van der Waals surface area contributed by atoms with Gasteiger partial charge in [-0.2, -0.15) is 0 Å². The van der Waals surface area contributed by atoms with E-state index in [0.29, 0.717) is 19.3 Å². The Morgan fingerprint density at radius 3 is 1.95 bits per heavy atom. The number of carbonyl (C=O) groups is 2. The lowest BCUT2D eigenvalue weighted by molar-refractivity contribution is -0.139. The van der Waals surface area contributed by atoms with Gasteiger partial charge in [0.1, 0.15) is 11.8 Å². The van der Waals surface area contributed by atoms with E-state index in [2.05, 4.69) is 6.92 Å². The molecule has 0 saturated heterocycles. The summed E-state index contributed by atoms with van der Waals surface area (Å²) in [4.78, 5) is 22.5. The van der Waals surface area contributed by atoms with Gasteiger partial charge in [-0.05, 0) is 18.8 Å². The van der Waals surface area contributed by atoms with Crippen LogP contribution in [0.1, 0.15) is 90.9 Å². The minimum absolute atomic E-state index is 0.0529. The maximum absolute atomic E-state index is 11.8. The second-order valence-corrected chi connectivity index (χ2v) is 6.61. The fourth-order valence-electron chi connectivity index (χ4n) is 2.74. The van der Waals surface area contributed by atoms with Crippen LogP contribution in [0.5, 0.6) is 0 Å². The fourth-order valence-corrected chi connectivity index (χ4v) is 2.74. The van der Waals surface area contributed by atoms with Crippen LogP contribution in [0.4, 0.5) is 0 Å². The van der Waals surface area contributed by atoms with Crippen molar-refractivity contribution in [3.05, 3.63) is 0 Å². The lowest BCUT2D eigenvalue weighted by Gasteiger charge is -2.13. The molecule has 0 heterocycles. The Bertz CT molecular complexity index is 305. The Morgan fingerprint density at radius 1 is 0.955 bits per heavy atom. The van der Waals surface area contributed by atoms with Crippen molar-refractivity contribution in [1.82, 2.24) is 0 Å². The molecule has 22 heavy (non-hydrogen) atoms. The Morgan fingerprint density at radius 2 is 1.45 bits per heavy atom. The topological polar surface area (TPSA) is 80.4 Å². The average Bonchev–Trinajstić information content (AvgIpc) is 2.45. The summed E-state index contributed by atoms with van der Waals surface area (Å²) in [6.45, 7) is 4.13. The molecule has 0 aliphatic heterocycles. The number of hydrogen-bond donors (Lipinski definition) is 2. The summed E-state index contributed by atoms with van der Waals surface area (Å²) >= 11 is 0. The molecule has 2 atom stereocenters. The fraction of sp³-hybridized carbons (Fsp3) is 0.889. The summed E-state index contributed by atoms with van der Waals surface area (Å²) in [6.07, 6.45) is 12.7. The van der Waals surface area contributed by atoms with Gasteiger partial charge < -0.3 is 10.8 Å². The summed E-state index contributed by atoms with van der Waals surface area (Å²) in [5.41, 5.74) is 5.48. The normalized spacial score (nSPS) is 13.8. The zero-order chi connectivity index (χ0) is 16.8. The molecule has 0 aromatic heterocycles. The van der Waals surface area contributed by atoms with Crippen LogP contribution in [0.25, 0.3) is 0 Å². The van der Waals surface area contributed by atoms with Crippen LogP contribution in [0.3, 0.4) is 0 Å². The van der Waals surface area contributed by atoms with Crippen molar-refractivity contribution in [2.24, 2.45) is 11.7 Å². The molecule has 0 aliphatic rings. The highest BCUT2D eigenvalue weighted by Crippen LogP contribution is 2.14. The summed E-state index contributed by atoms with van der Waals surface area (Å²) in [5.74, 6) is -0.691. The van der Waals surface area contributed by atoms with Gasteiger partial charge in [-0.1, -0.05) is 65.2 Å². The molecule has 0 radical (unpaired) electrons. The molecule has 0 rings (SSSR count). The quantitative estimate of drug-likeness (QED) is 0.442. The maximum Gasteiger partial charge on any atom is 0.320 e. The van der Waals surface area contributed by atoms with Crippen molar-refractivity contribution < 1.29 is 14.7 Å². The first-order chi connectivity index (χ1) is 10.5. The third-order valence-corrected chi connectivity index (χ3v) is 4.11. The van der Waals surface area contributed by atoms with Crippen molar-refractivity contribution >= 4 is 11.8 Å². The van der Waals surface area contributed by atoms with E-state index in [1.165, 1.54) is 44.9 Å². The van der Waals surface area contributed by atoms with Crippen molar-refractivity contribution in [3.63, 3.8) is 0 Å². The summed E-state index contributed by atoms with van der Waals surface area (Å²) in [7, 11) is 0. The Labute approximate surface area is 135 Å². The van der Waals surface area contributed by atoms with Crippen molar-refractivity contribution in [2.45, 2.75) is 96.9 Å². The van der Waals surface area contributed by atoms with Gasteiger partial charge in [0.05, 0.1) is 0 Å². The van der Waals surface area contributed by atoms with E-state index in [4.69, 9.17) is 10.8 Å². The van der Waals surface area contributed by atoms with E-state index < -0.39 is 12.0 Å². The molecule has 4 nitrogen and oxygen atoms in total. The largest absolute Gasteiger partial charge is 0.480 e. The molecular formula is C18H35NO3.